The van der Waals surface area contributed by atoms with Gasteiger partial charge in [0.2, 0.25) is 5.91 Å². The van der Waals surface area contributed by atoms with E-state index < -0.39 is 5.97 Å². The van der Waals surface area contributed by atoms with Crippen LogP contribution in [0.15, 0.2) is 48.5 Å². The van der Waals surface area contributed by atoms with Gasteiger partial charge in [-0.3, -0.25) is 4.79 Å². The zero-order valence-electron chi connectivity index (χ0n) is 15.7. The molecule has 2 unspecified atom stereocenters. The van der Waals surface area contributed by atoms with Gasteiger partial charge in [-0.2, -0.15) is 0 Å². The van der Waals surface area contributed by atoms with Crippen LogP contribution in [0.5, 0.6) is 0 Å². The lowest BCUT2D eigenvalue weighted by Crippen LogP contribution is -2.48. The van der Waals surface area contributed by atoms with Crippen LogP contribution < -0.4 is 0 Å². The van der Waals surface area contributed by atoms with Gasteiger partial charge in [0.1, 0.15) is 6.10 Å². The predicted molar refractivity (Wildman–Crippen MR) is 103 cm³/mol. The first-order valence-corrected chi connectivity index (χ1v) is 9.24. The van der Waals surface area contributed by atoms with Gasteiger partial charge in [-0.1, -0.05) is 36.4 Å². The fraction of sp³-hybridized carbons (Fsp3) is 0.364. The number of rotatable bonds is 5. The topological polar surface area (TPSA) is 66.8 Å². The quantitative estimate of drug-likeness (QED) is 0.877. The molecule has 0 spiro atoms. The average molecular weight is 367 g/mol. The van der Waals surface area contributed by atoms with Gasteiger partial charge in [-0.25, -0.2) is 4.79 Å². The highest BCUT2D eigenvalue weighted by Crippen LogP contribution is 2.27. The van der Waals surface area contributed by atoms with Crippen LogP contribution in [0.25, 0.3) is 0 Å². The van der Waals surface area contributed by atoms with E-state index in [2.05, 4.69) is 19.1 Å². The Morgan fingerprint density at radius 1 is 1.15 bits per heavy atom. The van der Waals surface area contributed by atoms with Gasteiger partial charge in [-0.15, -0.1) is 0 Å². The van der Waals surface area contributed by atoms with Crippen LogP contribution in [0.2, 0.25) is 0 Å². The number of carbonyl (C=O) groups is 2. The van der Waals surface area contributed by atoms with Gasteiger partial charge in [0, 0.05) is 6.42 Å². The van der Waals surface area contributed by atoms with Gasteiger partial charge in [-0.05, 0) is 49.1 Å². The first-order chi connectivity index (χ1) is 13.0. The number of carboxylic acids is 1. The number of hydrogen-bond donors (Lipinski definition) is 1. The molecule has 1 saturated heterocycles. The number of nitrogens with zero attached hydrogens (tertiary/aromatic N) is 1. The van der Waals surface area contributed by atoms with Crippen LogP contribution in [-0.2, 0) is 16.0 Å². The molecular formula is C22H25NO4. The minimum absolute atomic E-state index is 0.0483. The number of ether oxygens (including phenoxy) is 1. The van der Waals surface area contributed by atoms with E-state index in [9.17, 15) is 9.59 Å². The van der Waals surface area contributed by atoms with Crippen molar-refractivity contribution in [1.29, 1.82) is 0 Å². The number of aryl methyl sites for hydroxylation is 2. The summed E-state index contributed by atoms with van der Waals surface area (Å²) >= 11 is 0. The van der Waals surface area contributed by atoms with Crippen molar-refractivity contribution in [3.05, 3.63) is 70.8 Å². The Kier molecular flexibility index (Phi) is 5.91. The largest absolute Gasteiger partial charge is 0.478 e. The van der Waals surface area contributed by atoms with Crippen molar-refractivity contribution in [2.45, 2.75) is 38.8 Å². The Bertz CT molecular complexity index is 815. The Labute approximate surface area is 159 Å². The van der Waals surface area contributed by atoms with E-state index in [1.54, 1.807) is 24.3 Å². The summed E-state index contributed by atoms with van der Waals surface area (Å²) in [7, 11) is 0. The maximum Gasteiger partial charge on any atom is 0.335 e. The lowest BCUT2D eigenvalue weighted by atomic mass is 10.0. The fourth-order valence-corrected chi connectivity index (χ4v) is 3.45. The standard InChI is InChI=1S/C22H25NO4/c1-15-5-3-4-6-19(15)20-13-23(16(2)14-27-20)21(24)12-9-17-7-10-18(11-8-17)22(25)26/h3-8,10-11,16,20H,9,12-14H2,1-2H3,(H,25,26). The molecule has 0 radical (unpaired) electrons. The molecule has 1 aliphatic heterocycles. The summed E-state index contributed by atoms with van der Waals surface area (Å²) in [5.41, 5.74) is 3.52. The molecule has 2 atom stereocenters. The maximum absolute atomic E-state index is 12.8. The van der Waals surface area contributed by atoms with Crippen LogP contribution in [0.1, 0.15) is 46.5 Å². The normalized spacial score (nSPS) is 19.7. The Morgan fingerprint density at radius 3 is 2.52 bits per heavy atom. The Hall–Kier alpha value is -2.66. The van der Waals surface area contributed by atoms with Crippen molar-refractivity contribution in [3.63, 3.8) is 0 Å². The van der Waals surface area contributed by atoms with Crippen LogP contribution >= 0.6 is 0 Å². The molecule has 3 rings (SSSR count). The van der Waals surface area contributed by atoms with Crippen molar-refractivity contribution in [1.82, 2.24) is 4.90 Å². The van der Waals surface area contributed by atoms with E-state index in [4.69, 9.17) is 9.84 Å². The summed E-state index contributed by atoms with van der Waals surface area (Å²) in [6, 6.07) is 14.9. The zero-order chi connectivity index (χ0) is 19.4. The van der Waals surface area contributed by atoms with Crippen LogP contribution in [0, 0.1) is 6.92 Å². The number of hydrogen-bond acceptors (Lipinski definition) is 3. The van der Waals surface area contributed by atoms with E-state index in [0.717, 1.165) is 11.1 Å². The highest BCUT2D eigenvalue weighted by Gasteiger charge is 2.30. The third kappa shape index (κ3) is 4.55. The third-order valence-electron chi connectivity index (χ3n) is 5.12. The molecule has 5 heteroatoms. The minimum atomic E-state index is -0.943. The van der Waals surface area contributed by atoms with E-state index >= 15 is 0 Å². The molecule has 2 aromatic carbocycles. The second kappa shape index (κ2) is 8.35. The molecule has 1 heterocycles. The molecule has 0 aliphatic carbocycles. The van der Waals surface area contributed by atoms with Gasteiger partial charge in [0.15, 0.2) is 0 Å². The lowest BCUT2D eigenvalue weighted by molar-refractivity contribution is -0.144. The number of benzene rings is 2. The number of carboxylic acid groups (broad SMARTS) is 1. The number of aromatic carboxylic acids is 1. The van der Waals surface area contributed by atoms with Gasteiger partial charge >= 0.3 is 5.97 Å². The van der Waals surface area contributed by atoms with Crippen molar-refractivity contribution in [2.75, 3.05) is 13.2 Å². The van der Waals surface area contributed by atoms with Crippen molar-refractivity contribution < 1.29 is 19.4 Å². The number of morpholine rings is 1. The van der Waals surface area contributed by atoms with Crippen molar-refractivity contribution in [3.8, 4) is 0 Å². The number of amides is 1. The molecule has 0 saturated carbocycles. The van der Waals surface area contributed by atoms with Crippen LogP contribution in [0.4, 0.5) is 0 Å². The molecule has 0 bridgehead atoms. The molecule has 0 aromatic heterocycles. The summed E-state index contributed by atoms with van der Waals surface area (Å²) in [5.74, 6) is -0.839. The first-order valence-electron chi connectivity index (χ1n) is 9.24. The predicted octanol–water partition coefficient (Wildman–Crippen LogP) is 3.61. The molecule has 1 fully saturated rings. The second-order valence-electron chi connectivity index (χ2n) is 7.08. The maximum atomic E-state index is 12.8. The third-order valence-corrected chi connectivity index (χ3v) is 5.12. The van der Waals surface area contributed by atoms with E-state index in [1.807, 2.05) is 24.0 Å². The fourth-order valence-electron chi connectivity index (χ4n) is 3.45. The molecular weight excluding hydrogens is 342 g/mol. The van der Waals surface area contributed by atoms with Gasteiger partial charge in [0.05, 0.1) is 24.8 Å². The first kappa shape index (κ1) is 19.1. The highest BCUT2D eigenvalue weighted by atomic mass is 16.5. The molecule has 1 amide bonds. The molecule has 2 aromatic rings. The Balaban J connectivity index is 1.62. The number of carbonyl (C=O) groups excluding carboxylic acids is 1. The monoisotopic (exact) mass is 367 g/mol. The summed E-state index contributed by atoms with van der Waals surface area (Å²) in [6.07, 6.45) is 0.899. The summed E-state index contributed by atoms with van der Waals surface area (Å²) in [6.45, 7) is 5.15. The smallest absolute Gasteiger partial charge is 0.335 e. The minimum Gasteiger partial charge on any atom is -0.478 e. The van der Waals surface area contributed by atoms with Gasteiger partial charge in [0.25, 0.3) is 0 Å². The molecule has 5 nitrogen and oxygen atoms in total. The molecule has 1 N–H and O–H groups in total. The molecule has 27 heavy (non-hydrogen) atoms. The van der Waals surface area contributed by atoms with Crippen LogP contribution in [0.3, 0.4) is 0 Å². The van der Waals surface area contributed by atoms with Crippen LogP contribution in [-0.4, -0.2) is 41.1 Å². The highest BCUT2D eigenvalue weighted by molar-refractivity contribution is 5.87. The van der Waals surface area contributed by atoms with E-state index in [0.29, 0.717) is 26.0 Å². The summed E-state index contributed by atoms with van der Waals surface area (Å²) < 4.78 is 5.99. The summed E-state index contributed by atoms with van der Waals surface area (Å²) in [4.78, 5) is 25.6. The Morgan fingerprint density at radius 2 is 1.85 bits per heavy atom. The zero-order valence-corrected chi connectivity index (χ0v) is 15.7. The molecule has 142 valence electrons. The van der Waals surface area contributed by atoms with E-state index in [-0.39, 0.29) is 23.6 Å². The molecule has 1 aliphatic rings. The lowest BCUT2D eigenvalue weighted by Gasteiger charge is -2.38. The van der Waals surface area contributed by atoms with E-state index in [1.165, 1.54) is 5.56 Å². The SMILES string of the molecule is Cc1ccccc1C1CN(C(=O)CCc2ccc(C(=O)O)cc2)C(C)CO1. The van der Waals surface area contributed by atoms with Crippen molar-refractivity contribution >= 4 is 11.9 Å². The second-order valence-corrected chi connectivity index (χ2v) is 7.08. The summed E-state index contributed by atoms with van der Waals surface area (Å²) in [5, 5.41) is 8.96. The van der Waals surface area contributed by atoms with Crippen molar-refractivity contribution in [2.24, 2.45) is 0 Å². The average Bonchev–Trinajstić information content (AvgIpc) is 2.67. The van der Waals surface area contributed by atoms with Gasteiger partial charge < -0.3 is 14.7 Å².